The average molecular weight is 921 g/mol. The fraction of sp³-hybridized carbons (Fsp3) is 0.0152. The zero-order valence-corrected chi connectivity index (χ0v) is 39.4. The van der Waals surface area contributed by atoms with Crippen molar-refractivity contribution in [2.45, 2.75) is 0 Å². The van der Waals surface area contributed by atoms with Crippen molar-refractivity contribution < 1.29 is 0 Å². The molecule has 72 heavy (non-hydrogen) atoms. The van der Waals surface area contributed by atoms with Gasteiger partial charge in [-0.1, -0.05) is 164 Å². The van der Waals surface area contributed by atoms with Crippen LogP contribution in [0, 0.1) is 0 Å². The van der Waals surface area contributed by atoms with E-state index in [9.17, 15) is 0 Å². The average Bonchev–Trinajstić information content (AvgIpc) is 4.09. The van der Waals surface area contributed by atoms with Gasteiger partial charge in [-0.05, 0) is 90.0 Å². The van der Waals surface area contributed by atoms with Crippen molar-refractivity contribution in [3.63, 3.8) is 0 Å². The normalized spacial score (nSPS) is 11.9. The van der Waals surface area contributed by atoms with E-state index in [1.54, 1.807) is 0 Å². The van der Waals surface area contributed by atoms with Crippen LogP contribution in [0.2, 0.25) is 0 Å². The standard InChI is InChI=1S/C66H44N6/c1-67-42-43-32-35-63(54(38-43)48-22-8-9-27-53(48)66-68-57(44-18-4-2-5-19-44)41-58(69-66)45-20-6-3-7-21-45)72-64-36-33-46(70-59-28-14-10-23-49(59)50-24-11-15-29-60(50)70)39-55(64)56-40-47(34-37-65(56)72)71-61-30-16-12-25-51(61)52-26-13-17-31-62(52)71/h2-42H,1H3. The van der Waals surface area contributed by atoms with Crippen LogP contribution < -0.4 is 0 Å². The van der Waals surface area contributed by atoms with Crippen LogP contribution in [-0.2, 0) is 0 Å². The van der Waals surface area contributed by atoms with Crippen LogP contribution >= 0.6 is 0 Å². The molecule has 0 saturated carbocycles. The van der Waals surface area contributed by atoms with Crippen LogP contribution in [0.4, 0.5) is 0 Å². The molecule has 14 rings (SSSR count). The minimum Gasteiger partial charge on any atom is -0.309 e. The summed E-state index contributed by atoms with van der Waals surface area (Å²) in [7, 11) is 1.83. The smallest absolute Gasteiger partial charge is 0.161 e. The molecular formula is C66H44N6. The number of nitrogens with zero attached hydrogens (tertiary/aromatic N) is 6. The molecule has 0 aliphatic carbocycles. The quantitative estimate of drug-likeness (QED) is 0.143. The Balaban J connectivity index is 1.05. The maximum absolute atomic E-state index is 5.34. The third-order valence-electron chi connectivity index (χ3n) is 14.3. The van der Waals surface area contributed by atoms with Gasteiger partial charge >= 0.3 is 0 Å². The molecule has 0 aliphatic heterocycles. The summed E-state index contributed by atoms with van der Waals surface area (Å²) in [5.74, 6) is 0.653. The van der Waals surface area contributed by atoms with Crippen LogP contribution in [0.25, 0.3) is 128 Å². The summed E-state index contributed by atoms with van der Waals surface area (Å²) in [6.45, 7) is 0. The van der Waals surface area contributed by atoms with E-state index in [2.05, 4.69) is 249 Å². The molecule has 0 atom stereocenters. The SMILES string of the molecule is CN=Cc1ccc(-n2c3ccc(-n4c5ccccc5c5ccccc54)cc3c3cc(-n4c5ccccc5c5ccccc54)ccc32)c(-c2ccccc2-c2nc(-c3ccccc3)cc(-c3ccccc3)n2)c1. The van der Waals surface area contributed by atoms with Gasteiger partial charge in [0.2, 0.25) is 0 Å². The first-order valence-electron chi connectivity index (χ1n) is 24.4. The summed E-state index contributed by atoms with van der Waals surface area (Å²) in [5, 5.41) is 7.23. The molecule has 0 amide bonds. The summed E-state index contributed by atoms with van der Waals surface area (Å²) >= 11 is 0. The fourth-order valence-electron chi connectivity index (χ4n) is 11.1. The number of aromatic nitrogens is 5. The van der Waals surface area contributed by atoms with Crippen molar-refractivity contribution in [1.29, 1.82) is 0 Å². The monoisotopic (exact) mass is 920 g/mol. The molecule has 0 aliphatic rings. The van der Waals surface area contributed by atoms with E-state index >= 15 is 0 Å². The van der Waals surface area contributed by atoms with Crippen LogP contribution in [-0.4, -0.2) is 36.9 Å². The van der Waals surface area contributed by atoms with Crippen molar-refractivity contribution in [3.05, 3.63) is 248 Å². The maximum Gasteiger partial charge on any atom is 0.161 e. The first kappa shape index (κ1) is 41.3. The Labute approximate surface area is 415 Å². The Morgan fingerprint density at radius 3 is 1.22 bits per heavy atom. The molecule has 0 unspecified atom stereocenters. The molecule has 4 aromatic heterocycles. The minimum absolute atomic E-state index is 0.653. The van der Waals surface area contributed by atoms with Crippen LogP contribution in [0.3, 0.4) is 0 Å². The number of rotatable bonds is 8. The Bertz CT molecular complexity index is 4120. The number of aliphatic imine (C=N–C) groups is 1. The van der Waals surface area contributed by atoms with E-state index < -0.39 is 0 Å². The number of hydrogen-bond acceptors (Lipinski definition) is 3. The third-order valence-corrected chi connectivity index (χ3v) is 14.3. The van der Waals surface area contributed by atoms with E-state index in [1.807, 2.05) is 25.4 Å². The Hall–Kier alpha value is -9.65. The van der Waals surface area contributed by atoms with Crippen molar-refractivity contribution in [1.82, 2.24) is 23.7 Å². The van der Waals surface area contributed by atoms with Crippen molar-refractivity contribution in [3.8, 4) is 62.1 Å². The van der Waals surface area contributed by atoms with Gasteiger partial charge < -0.3 is 13.7 Å². The van der Waals surface area contributed by atoms with Crippen LogP contribution in [0.15, 0.2) is 248 Å². The molecule has 0 spiro atoms. The second-order valence-electron chi connectivity index (χ2n) is 18.4. The van der Waals surface area contributed by atoms with Gasteiger partial charge in [0.05, 0.1) is 50.2 Å². The highest BCUT2D eigenvalue weighted by Gasteiger charge is 2.23. The highest BCUT2D eigenvalue weighted by atomic mass is 15.0. The van der Waals surface area contributed by atoms with Gasteiger partial charge in [-0.15, -0.1) is 0 Å². The molecular weight excluding hydrogens is 877 g/mol. The molecule has 6 heteroatoms. The lowest BCUT2D eigenvalue weighted by Crippen LogP contribution is -2.02. The van der Waals surface area contributed by atoms with Gasteiger partial charge in [0.25, 0.3) is 0 Å². The highest BCUT2D eigenvalue weighted by molar-refractivity contribution is 6.14. The topological polar surface area (TPSA) is 52.9 Å². The first-order valence-corrected chi connectivity index (χ1v) is 24.4. The summed E-state index contributed by atoms with van der Waals surface area (Å²) in [5.41, 5.74) is 17.9. The van der Waals surface area contributed by atoms with Gasteiger partial charge in [-0.3, -0.25) is 4.99 Å². The Kier molecular flexibility index (Phi) is 9.64. The lowest BCUT2D eigenvalue weighted by molar-refractivity contribution is 1.16. The second-order valence-corrected chi connectivity index (χ2v) is 18.4. The van der Waals surface area contributed by atoms with Gasteiger partial charge in [-0.25, -0.2) is 9.97 Å². The summed E-state index contributed by atoms with van der Waals surface area (Å²) in [6.07, 6.45) is 1.93. The lowest BCUT2D eigenvalue weighted by Gasteiger charge is -2.18. The van der Waals surface area contributed by atoms with E-state index in [-0.39, 0.29) is 0 Å². The van der Waals surface area contributed by atoms with E-state index in [0.717, 1.165) is 83.6 Å². The number of fused-ring (bicyclic) bond motifs is 9. The molecule has 0 fully saturated rings. The number of para-hydroxylation sites is 4. The Morgan fingerprint density at radius 1 is 0.333 bits per heavy atom. The second kappa shape index (κ2) is 16.8. The number of benzene rings is 10. The van der Waals surface area contributed by atoms with Crippen molar-refractivity contribution >= 4 is 71.6 Å². The summed E-state index contributed by atoms with van der Waals surface area (Å²) in [6, 6.07) is 87.0. The van der Waals surface area contributed by atoms with Crippen LogP contribution in [0.5, 0.6) is 0 Å². The molecule has 0 radical (unpaired) electrons. The van der Waals surface area contributed by atoms with E-state index in [1.165, 1.54) is 43.6 Å². The van der Waals surface area contributed by atoms with Gasteiger partial charge in [-0.2, -0.15) is 0 Å². The maximum atomic E-state index is 5.34. The molecule has 0 N–H and O–H groups in total. The Morgan fingerprint density at radius 2 is 0.750 bits per heavy atom. The zero-order chi connectivity index (χ0) is 47.7. The molecule has 338 valence electrons. The van der Waals surface area contributed by atoms with Gasteiger partial charge in [0.1, 0.15) is 0 Å². The lowest BCUT2D eigenvalue weighted by atomic mass is 9.95. The largest absolute Gasteiger partial charge is 0.309 e. The van der Waals surface area contributed by atoms with E-state index in [4.69, 9.17) is 9.97 Å². The molecule has 10 aromatic carbocycles. The number of hydrogen-bond donors (Lipinski definition) is 0. The predicted molar refractivity (Wildman–Crippen MR) is 300 cm³/mol. The molecule has 14 aromatic rings. The summed E-state index contributed by atoms with van der Waals surface area (Å²) < 4.78 is 7.28. The predicted octanol–water partition coefficient (Wildman–Crippen LogP) is 16.5. The van der Waals surface area contributed by atoms with Crippen LogP contribution in [0.1, 0.15) is 5.56 Å². The fourth-order valence-corrected chi connectivity index (χ4v) is 11.1. The molecule has 0 saturated heterocycles. The first-order chi connectivity index (χ1) is 35.7. The van der Waals surface area contributed by atoms with Gasteiger partial charge in [0, 0.05) is 79.2 Å². The highest BCUT2D eigenvalue weighted by Crippen LogP contribution is 2.43. The minimum atomic E-state index is 0.653. The molecule has 6 nitrogen and oxygen atoms in total. The van der Waals surface area contributed by atoms with Crippen molar-refractivity contribution in [2.24, 2.45) is 4.99 Å². The van der Waals surface area contributed by atoms with Crippen molar-refractivity contribution in [2.75, 3.05) is 7.05 Å². The molecule has 4 heterocycles. The molecule has 0 bridgehead atoms. The van der Waals surface area contributed by atoms with Gasteiger partial charge in [0.15, 0.2) is 5.82 Å². The summed E-state index contributed by atoms with van der Waals surface area (Å²) in [4.78, 5) is 15.2. The zero-order valence-electron chi connectivity index (χ0n) is 39.4. The van der Waals surface area contributed by atoms with E-state index in [0.29, 0.717) is 5.82 Å². The third kappa shape index (κ3) is 6.61.